The molecule has 9 heteroatoms. The average molecular weight is 384 g/mol. The Morgan fingerprint density at radius 3 is 2.66 bits per heavy atom. The summed E-state index contributed by atoms with van der Waals surface area (Å²) in [5.41, 5.74) is 3.97. The highest BCUT2D eigenvalue weighted by Gasteiger charge is 2.33. The maximum atomic E-state index is 12.5. The van der Waals surface area contributed by atoms with E-state index in [9.17, 15) is 4.79 Å². The van der Waals surface area contributed by atoms with Gasteiger partial charge in [0.15, 0.2) is 17.3 Å². The zero-order valence-corrected chi connectivity index (χ0v) is 15.8. The molecule has 9 nitrogen and oxygen atoms in total. The van der Waals surface area contributed by atoms with Gasteiger partial charge in [0.05, 0.1) is 17.3 Å². The van der Waals surface area contributed by atoms with Crippen LogP contribution in [-0.2, 0) is 4.79 Å². The SMILES string of the molecule is Cc1nn(-c2ccc3nnc(C)n3n2)c2c1C(c1ccc(C#N)cc1)CC(=O)N2. The van der Waals surface area contributed by atoms with Crippen LogP contribution in [0.4, 0.5) is 5.82 Å². The highest BCUT2D eigenvalue weighted by atomic mass is 16.1. The molecule has 3 aromatic heterocycles. The van der Waals surface area contributed by atoms with Crippen LogP contribution >= 0.6 is 0 Å². The summed E-state index contributed by atoms with van der Waals surface area (Å²) in [7, 11) is 0. The van der Waals surface area contributed by atoms with E-state index < -0.39 is 0 Å². The molecule has 1 atom stereocenters. The molecule has 0 bridgehead atoms. The standard InChI is InChI=1S/C20H16N8O/c1-11-19-15(14-5-3-13(10-21)4-6-14)9-18(29)22-20(19)28(25-11)17-8-7-16-24-23-12(2)27(16)26-17/h3-8,15H,9H2,1-2H3,(H,22,29). The van der Waals surface area contributed by atoms with Crippen LogP contribution < -0.4 is 5.32 Å². The van der Waals surface area contributed by atoms with Gasteiger partial charge >= 0.3 is 0 Å². The molecule has 0 radical (unpaired) electrons. The first-order valence-corrected chi connectivity index (χ1v) is 9.14. The van der Waals surface area contributed by atoms with Crippen molar-refractivity contribution < 1.29 is 4.79 Å². The first-order chi connectivity index (χ1) is 14.0. The topological polar surface area (TPSA) is 114 Å². The molecule has 142 valence electrons. The van der Waals surface area contributed by atoms with Crippen LogP contribution in [0, 0.1) is 25.2 Å². The number of carbonyl (C=O) groups excluding carboxylic acids is 1. The van der Waals surface area contributed by atoms with Gasteiger partial charge in [0.25, 0.3) is 0 Å². The lowest BCUT2D eigenvalue weighted by molar-refractivity contribution is -0.116. The lowest BCUT2D eigenvalue weighted by atomic mass is 9.85. The maximum absolute atomic E-state index is 12.5. The van der Waals surface area contributed by atoms with Crippen LogP contribution in [-0.4, -0.2) is 35.5 Å². The Balaban J connectivity index is 1.66. The number of carbonyl (C=O) groups is 1. The number of anilines is 1. The van der Waals surface area contributed by atoms with Gasteiger partial charge in [-0.3, -0.25) is 4.79 Å². The highest BCUT2D eigenvalue weighted by Crippen LogP contribution is 2.40. The molecule has 1 aliphatic rings. The first kappa shape index (κ1) is 17.1. The van der Waals surface area contributed by atoms with Crippen LogP contribution in [0.2, 0.25) is 0 Å². The van der Waals surface area contributed by atoms with Crippen LogP contribution in [0.15, 0.2) is 36.4 Å². The van der Waals surface area contributed by atoms with Crippen molar-refractivity contribution in [1.29, 1.82) is 5.26 Å². The predicted molar refractivity (Wildman–Crippen MR) is 104 cm³/mol. The Kier molecular flexibility index (Phi) is 3.67. The van der Waals surface area contributed by atoms with Crippen molar-refractivity contribution in [2.24, 2.45) is 0 Å². The third kappa shape index (κ3) is 2.65. The number of benzene rings is 1. The minimum atomic E-state index is -0.138. The van der Waals surface area contributed by atoms with Crippen molar-refractivity contribution in [2.45, 2.75) is 26.2 Å². The third-order valence-corrected chi connectivity index (χ3v) is 5.17. The van der Waals surface area contributed by atoms with E-state index in [1.54, 1.807) is 27.4 Å². The number of hydrogen-bond donors (Lipinski definition) is 1. The van der Waals surface area contributed by atoms with Crippen molar-refractivity contribution in [3.05, 3.63) is 64.6 Å². The van der Waals surface area contributed by atoms with Gasteiger partial charge in [-0.25, -0.2) is 0 Å². The summed E-state index contributed by atoms with van der Waals surface area (Å²) in [6.07, 6.45) is 0.322. The molecular weight excluding hydrogens is 368 g/mol. The van der Waals surface area contributed by atoms with Gasteiger partial charge in [0, 0.05) is 17.9 Å². The molecule has 1 aromatic carbocycles. The van der Waals surface area contributed by atoms with E-state index in [0.717, 1.165) is 16.8 Å². The Bertz CT molecular complexity index is 1310. The van der Waals surface area contributed by atoms with E-state index in [0.29, 0.717) is 35.1 Å². The highest BCUT2D eigenvalue weighted by molar-refractivity contribution is 5.95. The quantitative estimate of drug-likeness (QED) is 0.567. The lowest BCUT2D eigenvalue weighted by Crippen LogP contribution is -2.25. The number of aromatic nitrogens is 6. The molecule has 29 heavy (non-hydrogen) atoms. The van der Waals surface area contributed by atoms with Gasteiger partial charge in [0.1, 0.15) is 5.82 Å². The largest absolute Gasteiger partial charge is 0.310 e. The number of aryl methyl sites for hydroxylation is 2. The number of rotatable bonds is 2. The van der Waals surface area contributed by atoms with Gasteiger partial charge in [0.2, 0.25) is 5.91 Å². The average Bonchev–Trinajstić information content (AvgIpc) is 3.27. The van der Waals surface area contributed by atoms with E-state index in [1.165, 1.54) is 0 Å². The summed E-state index contributed by atoms with van der Waals surface area (Å²) in [4.78, 5) is 12.5. The number of hydrogen-bond acceptors (Lipinski definition) is 6. The van der Waals surface area contributed by atoms with Crippen LogP contribution in [0.3, 0.4) is 0 Å². The summed E-state index contributed by atoms with van der Waals surface area (Å²) in [6, 6.07) is 13.1. The van der Waals surface area contributed by atoms with Crippen LogP contribution in [0.1, 0.15) is 40.5 Å². The molecule has 4 aromatic rings. The van der Waals surface area contributed by atoms with E-state index in [4.69, 9.17) is 5.26 Å². The summed E-state index contributed by atoms with van der Waals surface area (Å²) < 4.78 is 3.29. The van der Waals surface area contributed by atoms with Crippen LogP contribution in [0.25, 0.3) is 11.5 Å². The van der Waals surface area contributed by atoms with Crippen LogP contribution in [0.5, 0.6) is 0 Å². The fraction of sp³-hybridized carbons (Fsp3) is 0.200. The van der Waals surface area contributed by atoms with Crippen molar-refractivity contribution in [3.8, 4) is 11.9 Å². The molecule has 0 saturated heterocycles. The summed E-state index contributed by atoms with van der Waals surface area (Å²) >= 11 is 0. The number of nitrogens with one attached hydrogen (secondary N) is 1. The fourth-order valence-corrected chi connectivity index (χ4v) is 3.79. The number of fused-ring (bicyclic) bond motifs is 2. The molecule has 1 amide bonds. The van der Waals surface area contributed by atoms with Crippen molar-refractivity contribution in [3.63, 3.8) is 0 Å². The maximum Gasteiger partial charge on any atom is 0.226 e. The molecule has 1 N–H and O–H groups in total. The molecule has 1 unspecified atom stereocenters. The lowest BCUT2D eigenvalue weighted by Gasteiger charge is -2.24. The minimum absolute atomic E-state index is 0.0884. The fourth-order valence-electron chi connectivity index (χ4n) is 3.79. The molecule has 4 heterocycles. The smallest absolute Gasteiger partial charge is 0.226 e. The second-order valence-electron chi connectivity index (χ2n) is 7.01. The van der Waals surface area contributed by atoms with E-state index in [2.05, 4.69) is 31.8 Å². The van der Waals surface area contributed by atoms with Gasteiger partial charge < -0.3 is 5.32 Å². The second-order valence-corrected chi connectivity index (χ2v) is 7.01. The third-order valence-electron chi connectivity index (χ3n) is 5.17. The molecule has 0 saturated carbocycles. The van der Waals surface area contributed by atoms with Gasteiger partial charge in [-0.05, 0) is 43.7 Å². The molecule has 1 aliphatic heterocycles. The Morgan fingerprint density at radius 1 is 1.10 bits per heavy atom. The van der Waals surface area contributed by atoms with Crippen molar-refractivity contribution in [2.75, 3.05) is 5.32 Å². The molecule has 0 aliphatic carbocycles. The second kappa shape index (κ2) is 6.24. The first-order valence-electron chi connectivity index (χ1n) is 9.14. The minimum Gasteiger partial charge on any atom is -0.310 e. The summed E-state index contributed by atoms with van der Waals surface area (Å²) in [6.45, 7) is 3.75. The van der Waals surface area contributed by atoms with E-state index >= 15 is 0 Å². The predicted octanol–water partition coefficient (Wildman–Crippen LogP) is 2.27. The van der Waals surface area contributed by atoms with Gasteiger partial charge in [-0.15, -0.1) is 15.3 Å². The zero-order valence-electron chi connectivity index (χ0n) is 15.8. The van der Waals surface area contributed by atoms with Crippen molar-refractivity contribution >= 4 is 17.4 Å². The van der Waals surface area contributed by atoms with Crippen molar-refractivity contribution in [1.82, 2.24) is 29.6 Å². The Morgan fingerprint density at radius 2 is 1.90 bits per heavy atom. The normalized spacial score (nSPS) is 15.8. The van der Waals surface area contributed by atoms with E-state index in [1.807, 2.05) is 32.0 Å². The molecule has 0 spiro atoms. The molecular formula is C20H16N8O. The molecule has 0 fully saturated rings. The number of nitrogens with zero attached hydrogens (tertiary/aromatic N) is 7. The Hall–Kier alpha value is -4.06. The number of nitriles is 1. The monoisotopic (exact) mass is 384 g/mol. The summed E-state index contributed by atoms with van der Waals surface area (Å²) in [5.74, 6) is 1.62. The zero-order chi connectivity index (χ0) is 20.1. The van der Waals surface area contributed by atoms with Gasteiger partial charge in [-0.1, -0.05) is 12.1 Å². The van der Waals surface area contributed by atoms with Gasteiger partial charge in [-0.2, -0.15) is 19.6 Å². The molecule has 5 rings (SSSR count). The summed E-state index contributed by atoms with van der Waals surface area (Å²) in [5, 5.41) is 29.3. The Labute approximate surface area is 165 Å². The van der Waals surface area contributed by atoms with E-state index in [-0.39, 0.29) is 11.8 Å². The number of amides is 1.